The molecule has 2 aromatic rings. The smallest absolute Gasteiger partial charge is 0.409 e. The molecule has 0 saturated carbocycles. The molecule has 0 aromatic heterocycles. The van der Waals surface area contributed by atoms with Crippen LogP contribution in [0.4, 0.5) is 10.5 Å². The molecule has 2 aromatic carbocycles. The van der Waals surface area contributed by atoms with E-state index in [0.717, 1.165) is 24.0 Å². The highest BCUT2D eigenvalue weighted by Crippen LogP contribution is 2.38. The maximum Gasteiger partial charge on any atom is 0.409 e. The molecule has 6 heteroatoms. The van der Waals surface area contributed by atoms with E-state index in [4.69, 9.17) is 9.84 Å². The summed E-state index contributed by atoms with van der Waals surface area (Å²) < 4.78 is 6.01. The average Bonchev–Trinajstić information content (AvgIpc) is 3.11. The van der Waals surface area contributed by atoms with E-state index in [1.54, 1.807) is 25.1 Å². The Bertz CT molecular complexity index is 792. The number of anilines is 1. The fraction of sp³-hybridized carbons (Fsp3) is 0.300. The third kappa shape index (κ3) is 4.14. The monoisotopic (exact) mass is 354 g/mol. The largest absolute Gasteiger partial charge is 0.489 e. The van der Waals surface area contributed by atoms with Crippen LogP contribution in [0.1, 0.15) is 36.9 Å². The van der Waals surface area contributed by atoms with Gasteiger partial charge in [0.25, 0.3) is 0 Å². The van der Waals surface area contributed by atoms with Gasteiger partial charge in [-0.2, -0.15) is 0 Å². The minimum Gasteiger partial charge on any atom is -0.489 e. The van der Waals surface area contributed by atoms with Crippen molar-refractivity contribution in [2.75, 3.05) is 11.9 Å². The molecule has 2 amide bonds. The van der Waals surface area contributed by atoms with Gasteiger partial charge >= 0.3 is 6.09 Å². The van der Waals surface area contributed by atoms with E-state index in [1.807, 2.05) is 35.2 Å². The predicted octanol–water partition coefficient (Wildman–Crippen LogP) is 4.04. The van der Waals surface area contributed by atoms with E-state index >= 15 is 0 Å². The molecule has 0 bridgehead atoms. The first kappa shape index (κ1) is 17.8. The molecular weight excluding hydrogens is 332 g/mol. The number of ether oxygens (including phenoxy) is 1. The number of benzene rings is 2. The molecule has 1 fully saturated rings. The van der Waals surface area contributed by atoms with Gasteiger partial charge in [-0.3, -0.25) is 10.1 Å². The molecule has 136 valence electrons. The second-order valence-corrected chi connectivity index (χ2v) is 6.33. The van der Waals surface area contributed by atoms with Gasteiger partial charge in [-0.1, -0.05) is 30.3 Å². The van der Waals surface area contributed by atoms with Crippen LogP contribution in [0.5, 0.6) is 5.75 Å². The number of hydrogen-bond donors (Lipinski definition) is 2. The van der Waals surface area contributed by atoms with E-state index in [2.05, 4.69) is 5.32 Å². The zero-order valence-corrected chi connectivity index (χ0v) is 14.6. The van der Waals surface area contributed by atoms with E-state index in [0.29, 0.717) is 24.6 Å². The number of carboxylic acid groups (broad SMARTS) is 1. The number of carbonyl (C=O) groups excluding carboxylic acids is 1. The summed E-state index contributed by atoms with van der Waals surface area (Å²) in [4.78, 5) is 24.7. The number of amides is 2. The second-order valence-electron chi connectivity index (χ2n) is 6.33. The Hall–Kier alpha value is -3.02. The van der Waals surface area contributed by atoms with Crippen molar-refractivity contribution >= 4 is 17.7 Å². The molecule has 1 unspecified atom stereocenters. The highest BCUT2D eigenvalue weighted by Gasteiger charge is 2.30. The number of nitrogens with one attached hydrogen (secondary N) is 1. The zero-order chi connectivity index (χ0) is 18.5. The Labute approximate surface area is 152 Å². The van der Waals surface area contributed by atoms with Crippen molar-refractivity contribution in [3.05, 3.63) is 59.7 Å². The number of carbonyl (C=O) groups is 2. The van der Waals surface area contributed by atoms with Crippen molar-refractivity contribution in [1.29, 1.82) is 0 Å². The van der Waals surface area contributed by atoms with Crippen molar-refractivity contribution in [3.63, 3.8) is 0 Å². The Kier molecular flexibility index (Phi) is 5.41. The number of likely N-dealkylation sites (tertiary alicyclic amines) is 1. The summed E-state index contributed by atoms with van der Waals surface area (Å²) in [5.41, 5.74) is 2.34. The number of nitrogens with zero attached hydrogens (tertiary/aromatic N) is 1. The summed E-state index contributed by atoms with van der Waals surface area (Å²) in [5, 5.41) is 11.3. The molecule has 1 aliphatic heterocycles. The lowest BCUT2D eigenvalue weighted by molar-refractivity contribution is -0.129. The van der Waals surface area contributed by atoms with Gasteiger partial charge in [0, 0.05) is 24.7 Å². The first-order valence-corrected chi connectivity index (χ1v) is 8.62. The Morgan fingerprint density at radius 2 is 2.00 bits per heavy atom. The Morgan fingerprint density at radius 1 is 1.23 bits per heavy atom. The molecular formula is C20H22N2O4. The molecule has 1 saturated heterocycles. The van der Waals surface area contributed by atoms with E-state index in [-0.39, 0.29) is 11.9 Å². The summed E-state index contributed by atoms with van der Waals surface area (Å²) in [6.07, 6.45) is 0.625. The van der Waals surface area contributed by atoms with Gasteiger partial charge in [-0.25, -0.2) is 4.79 Å². The summed E-state index contributed by atoms with van der Waals surface area (Å²) in [6.45, 7) is 2.67. The van der Waals surface area contributed by atoms with E-state index < -0.39 is 6.09 Å². The molecule has 2 N–H and O–H groups in total. The van der Waals surface area contributed by atoms with Gasteiger partial charge in [-0.05, 0) is 36.6 Å². The normalized spacial score (nSPS) is 16.3. The van der Waals surface area contributed by atoms with Crippen molar-refractivity contribution in [3.8, 4) is 5.75 Å². The summed E-state index contributed by atoms with van der Waals surface area (Å²) in [7, 11) is 0. The average molecular weight is 354 g/mol. The van der Waals surface area contributed by atoms with Crippen molar-refractivity contribution < 1.29 is 19.4 Å². The van der Waals surface area contributed by atoms with Crippen LogP contribution < -0.4 is 10.1 Å². The van der Waals surface area contributed by atoms with Gasteiger partial charge in [-0.15, -0.1) is 0 Å². The fourth-order valence-corrected chi connectivity index (χ4v) is 3.34. The fourth-order valence-electron chi connectivity index (χ4n) is 3.34. The van der Waals surface area contributed by atoms with Crippen LogP contribution in [0.25, 0.3) is 0 Å². The molecule has 0 aliphatic carbocycles. The Morgan fingerprint density at radius 3 is 2.69 bits per heavy atom. The van der Waals surface area contributed by atoms with Crippen LogP contribution >= 0.6 is 0 Å². The first-order chi connectivity index (χ1) is 12.5. The van der Waals surface area contributed by atoms with Crippen LogP contribution in [0.15, 0.2) is 48.5 Å². The Balaban J connectivity index is 1.89. The molecule has 1 heterocycles. The van der Waals surface area contributed by atoms with Crippen LogP contribution in [0.2, 0.25) is 0 Å². The second kappa shape index (κ2) is 7.91. The van der Waals surface area contributed by atoms with Gasteiger partial charge in [0.1, 0.15) is 12.4 Å². The molecule has 0 spiro atoms. The lowest BCUT2D eigenvalue weighted by Crippen LogP contribution is -2.28. The van der Waals surface area contributed by atoms with Gasteiger partial charge in [0.15, 0.2) is 0 Å². The van der Waals surface area contributed by atoms with E-state index in [1.165, 1.54) is 0 Å². The maximum absolute atomic E-state index is 12.0. The molecule has 26 heavy (non-hydrogen) atoms. The highest BCUT2D eigenvalue weighted by molar-refractivity contribution is 5.83. The maximum atomic E-state index is 12.0. The van der Waals surface area contributed by atoms with Crippen LogP contribution in [0, 0.1) is 0 Å². The van der Waals surface area contributed by atoms with Gasteiger partial charge < -0.3 is 14.7 Å². The lowest BCUT2D eigenvalue weighted by atomic mass is 10.0. The minimum atomic E-state index is -1.12. The summed E-state index contributed by atoms with van der Waals surface area (Å²) in [6, 6.07) is 14.9. The number of hydrogen-bond acceptors (Lipinski definition) is 3. The third-order valence-corrected chi connectivity index (χ3v) is 4.51. The van der Waals surface area contributed by atoms with Crippen LogP contribution in [0.3, 0.4) is 0 Å². The van der Waals surface area contributed by atoms with E-state index in [9.17, 15) is 9.59 Å². The zero-order valence-electron chi connectivity index (χ0n) is 14.6. The van der Waals surface area contributed by atoms with Crippen molar-refractivity contribution in [2.45, 2.75) is 32.4 Å². The minimum absolute atomic E-state index is 0.0121. The first-order valence-electron chi connectivity index (χ1n) is 8.62. The summed E-state index contributed by atoms with van der Waals surface area (Å²) in [5.74, 6) is 0.682. The standard InChI is InChI=1S/C20H22N2O4/c1-14(23)22-11-5-8-18(22)17-12-16(21-20(24)25)9-10-19(17)26-13-15-6-3-2-4-7-15/h2-4,6-7,9-10,12,18,21H,5,8,11,13H2,1H3,(H,24,25). The molecule has 3 rings (SSSR count). The quantitative estimate of drug-likeness (QED) is 0.849. The summed E-state index contributed by atoms with van der Waals surface area (Å²) >= 11 is 0. The molecule has 6 nitrogen and oxygen atoms in total. The highest BCUT2D eigenvalue weighted by atomic mass is 16.5. The van der Waals surface area contributed by atoms with Gasteiger partial charge in [0.2, 0.25) is 5.91 Å². The predicted molar refractivity (Wildman–Crippen MR) is 98.2 cm³/mol. The molecule has 1 atom stereocenters. The van der Waals surface area contributed by atoms with Crippen LogP contribution in [-0.2, 0) is 11.4 Å². The van der Waals surface area contributed by atoms with Gasteiger partial charge in [0.05, 0.1) is 6.04 Å². The number of rotatable bonds is 5. The third-order valence-electron chi connectivity index (χ3n) is 4.51. The lowest BCUT2D eigenvalue weighted by Gasteiger charge is -2.26. The van der Waals surface area contributed by atoms with Crippen molar-refractivity contribution in [1.82, 2.24) is 4.90 Å². The SMILES string of the molecule is CC(=O)N1CCCC1c1cc(NC(=O)O)ccc1OCc1ccccc1. The molecule has 0 radical (unpaired) electrons. The topological polar surface area (TPSA) is 78.9 Å². The van der Waals surface area contributed by atoms with Crippen molar-refractivity contribution in [2.24, 2.45) is 0 Å². The molecule has 1 aliphatic rings. The van der Waals surface area contributed by atoms with Crippen LogP contribution in [-0.4, -0.2) is 28.6 Å².